The van der Waals surface area contributed by atoms with Gasteiger partial charge in [0.1, 0.15) is 0 Å². The highest BCUT2D eigenvalue weighted by molar-refractivity contribution is 4.79. The molecule has 1 rings (SSSR count). The van der Waals surface area contributed by atoms with Gasteiger partial charge in [0, 0.05) is 12.4 Å². The molecule has 1 heteroatoms. The van der Waals surface area contributed by atoms with Gasteiger partial charge in [0.05, 0.1) is 0 Å². The van der Waals surface area contributed by atoms with Crippen molar-refractivity contribution in [1.29, 1.82) is 0 Å². The van der Waals surface area contributed by atoms with Crippen LogP contribution in [0, 0.1) is 0 Å². The average molecular weight is 132 g/mol. The lowest BCUT2D eigenvalue weighted by Crippen LogP contribution is -2.38. The lowest BCUT2D eigenvalue weighted by atomic mass is 10.1. The summed E-state index contributed by atoms with van der Waals surface area (Å²) >= 11 is 0. The molecule has 0 saturated carbocycles. The van der Waals surface area contributed by atoms with Gasteiger partial charge in [0.2, 0.25) is 0 Å². The van der Waals surface area contributed by atoms with Crippen molar-refractivity contribution in [3.05, 3.63) is 0 Å². The minimum atomic E-state index is -1.89. The van der Waals surface area contributed by atoms with E-state index in [1.54, 1.807) is 0 Å². The van der Waals surface area contributed by atoms with Crippen LogP contribution in [-0.2, 0) is 0 Å². The maximum Gasteiger partial charge on any atom is 0.0431 e. The van der Waals surface area contributed by atoms with Crippen LogP contribution in [0.25, 0.3) is 0 Å². The quantitative estimate of drug-likeness (QED) is 0.486. The summed E-state index contributed by atoms with van der Waals surface area (Å²) in [6.07, 6.45) is -3.11. The molecule has 1 unspecified atom stereocenters. The molecule has 0 spiro atoms. The zero-order valence-corrected chi connectivity index (χ0v) is 6.23. The number of rotatable bonds is 0. The predicted molar refractivity (Wildman–Crippen MR) is 40.6 cm³/mol. The van der Waals surface area contributed by atoms with E-state index in [1.165, 1.54) is 4.90 Å². The fourth-order valence-electron chi connectivity index (χ4n) is 0.737. The number of nitrogens with zero attached hydrogens (tertiary/aromatic N) is 1. The Labute approximate surface area is 65.1 Å². The molecule has 9 heavy (non-hydrogen) atoms. The van der Waals surface area contributed by atoms with E-state index < -0.39 is 24.8 Å². The SMILES string of the molecule is [2H]C1C([2H])([2H])CN(C(C)(C)C)C1([2H])[2H]. The monoisotopic (exact) mass is 132 g/mol. The van der Waals surface area contributed by atoms with Crippen LogP contribution in [-0.4, -0.2) is 23.5 Å². The number of hydrogen-bond donors (Lipinski definition) is 0. The van der Waals surface area contributed by atoms with Gasteiger partial charge >= 0.3 is 0 Å². The molecule has 0 amide bonds. The molecule has 1 nitrogen and oxygen atoms in total. The van der Waals surface area contributed by atoms with Gasteiger partial charge in [-0.05, 0) is 46.6 Å². The van der Waals surface area contributed by atoms with Gasteiger partial charge < -0.3 is 0 Å². The van der Waals surface area contributed by atoms with Gasteiger partial charge in [-0.2, -0.15) is 0 Å². The fourth-order valence-corrected chi connectivity index (χ4v) is 0.737. The van der Waals surface area contributed by atoms with E-state index in [2.05, 4.69) is 0 Å². The summed E-state index contributed by atoms with van der Waals surface area (Å²) in [4.78, 5) is 1.43. The Balaban J connectivity index is 3.03. The highest BCUT2D eigenvalue weighted by Gasteiger charge is 2.23. The molecular formula is C8H17N. The van der Waals surface area contributed by atoms with Crippen molar-refractivity contribution >= 4 is 0 Å². The summed E-state index contributed by atoms with van der Waals surface area (Å²) in [5.74, 6) is 0. The van der Waals surface area contributed by atoms with Crippen molar-refractivity contribution in [2.45, 2.75) is 39.1 Å². The third-order valence-electron chi connectivity index (χ3n) is 1.38. The Morgan fingerprint density at radius 3 is 2.33 bits per heavy atom. The van der Waals surface area contributed by atoms with Crippen LogP contribution in [0.2, 0.25) is 0 Å². The van der Waals surface area contributed by atoms with Crippen molar-refractivity contribution in [2.75, 3.05) is 13.0 Å². The minimum absolute atomic E-state index is 0.0162. The summed E-state index contributed by atoms with van der Waals surface area (Å²) in [6.45, 7) is 3.59. The van der Waals surface area contributed by atoms with E-state index in [-0.39, 0.29) is 6.54 Å². The first-order valence-electron chi connectivity index (χ1n) is 5.77. The Hall–Kier alpha value is -0.0400. The third kappa shape index (κ3) is 1.68. The first kappa shape index (κ1) is 2.91. The summed E-state index contributed by atoms with van der Waals surface area (Å²) in [5.41, 5.74) is -0.452. The van der Waals surface area contributed by atoms with E-state index in [1.807, 2.05) is 20.8 Å². The Morgan fingerprint density at radius 1 is 1.44 bits per heavy atom. The zero-order chi connectivity index (χ0) is 11.4. The molecule has 0 N–H and O–H groups in total. The van der Waals surface area contributed by atoms with Gasteiger partial charge in [-0.15, -0.1) is 0 Å². The molecule has 0 aromatic heterocycles. The van der Waals surface area contributed by atoms with Crippen LogP contribution < -0.4 is 0 Å². The number of likely N-dealkylation sites (tertiary alicyclic amines) is 1. The van der Waals surface area contributed by atoms with Crippen LogP contribution in [0.5, 0.6) is 0 Å². The average Bonchev–Trinajstić information content (AvgIpc) is 2.10. The normalized spacial score (nSPS) is 50.6. The molecule has 1 atom stereocenters. The molecule has 0 aromatic carbocycles. The maximum atomic E-state index is 7.73. The molecule has 1 aliphatic heterocycles. The molecular weight excluding hydrogens is 110 g/mol. The second-order valence-corrected chi connectivity index (χ2v) is 3.23. The first-order valence-corrected chi connectivity index (χ1v) is 3.19. The zero-order valence-electron chi connectivity index (χ0n) is 11.2. The first-order chi connectivity index (χ1) is 5.99. The highest BCUT2D eigenvalue weighted by atomic mass is 15.2. The molecule has 1 saturated heterocycles. The van der Waals surface area contributed by atoms with Crippen molar-refractivity contribution < 1.29 is 6.85 Å². The van der Waals surface area contributed by atoms with Crippen LogP contribution in [0.4, 0.5) is 0 Å². The van der Waals surface area contributed by atoms with E-state index >= 15 is 0 Å². The smallest absolute Gasteiger partial charge is 0.0431 e. The van der Waals surface area contributed by atoms with Gasteiger partial charge in [-0.1, -0.05) is 0 Å². The topological polar surface area (TPSA) is 3.24 Å². The van der Waals surface area contributed by atoms with Crippen LogP contribution in [0.1, 0.15) is 40.4 Å². The van der Waals surface area contributed by atoms with Gasteiger partial charge in [-0.25, -0.2) is 0 Å². The third-order valence-corrected chi connectivity index (χ3v) is 1.38. The highest BCUT2D eigenvalue weighted by Crippen LogP contribution is 2.19. The van der Waals surface area contributed by atoms with Crippen molar-refractivity contribution in [1.82, 2.24) is 4.90 Å². The maximum absolute atomic E-state index is 7.73. The van der Waals surface area contributed by atoms with Crippen molar-refractivity contribution in [3.8, 4) is 0 Å². The predicted octanol–water partition coefficient (Wildman–Crippen LogP) is 1.88. The molecule has 0 radical (unpaired) electrons. The summed E-state index contributed by atoms with van der Waals surface area (Å²) < 4.78 is 38.1. The second-order valence-electron chi connectivity index (χ2n) is 3.23. The van der Waals surface area contributed by atoms with Gasteiger partial charge in [0.15, 0.2) is 0 Å². The summed E-state index contributed by atoms with van der Waals surface area (Å²) in [7, 11) is 0. The summed E-state index contributed by atoms with van der Waals surface area (Å²) in [5, 5.41) is 0. The Morgan fingerprint density at radius 2 is 2.11 bits per heavy atom. The lowest BCUT2D eigenvalue weighted by molar-refractivity contribution is 0.175. The van der Waals surface area contributed by atoms with E-state index in [4.69, 9.17) is 6.85 Å². The standard InChI is InChI=1S/C8H17N/c1-8(2,3)9-6-4-5-7-9/h4-7H2,1-3H3/i4D,5D2,6D2. The van der Waals surface area contributed by atoms with Crippen LogP contribution >= 0.6 is 0 Å². The fraction of sp³-hybridized carbons (Fsp3) is 1.00. The van der Waals surface area contributed by atoms with Crippen LogP contribution in [0.15, 0.2) is 0 Å². The molecule has 0 bridgehead atoms. The van der Waals surface area contributed by atoms with E-state index in [0.29, 0.717) is 0 Å². The number of hydrogen-bond acceptors (Lipinski definition) is 1. The molecule has 1 heterocycles. The molecule has 1 aliphatic rings. The van der Waals surface area contributed by atoms with Gasteiger partial charge in [-0.3, -0.25) is 4.90 Å². The van der Waals surface area contributed by atoms with Gasteiger partial charge in [0.25, 0.3) is 0 Å². The Bertz CT molecular complexity index is 232. The Kier molecular flexibility index (Phi) is 0.743. The molecule has 0 aliphatic carbocycles. The minimum Gasteiger partial charge on any atom is -0.298 e. The lowest BCUT2D eigenvalue weighted by Gasteiger charge is -2.31. The molecule has 54 valence electrons. The van der Waals surface area contributed by atoms with Crippen LogP contribution in [0.3, 0.4) is 0 Å². The van der Waals surface area contributed by atoms with E-state index in [0.717, 1.165) is 0 Å². The van der Waals surface area contributed by atoms with Crippen molar-refractivity contribution in [2.24, 2.45) is 0 Å². The molecule has 0 aromatic rings. The summed E-state index contributed by atoms with van der Waals surface area (Å²) in [6, 6.07) is 0. The van der Waals surface area contributed by atoms with Crippen molar-refractivity contribution in [3.63, 3.8) is 0 Å². The molecule has 1 fully saturated rings. The van der Waals surface area contributed by atoms with E-state index in [9.17, 15) is 0 Å². The second kappa shape index (κ2) is 2.30. The largest absolute Gasteiger partial charge is 0.298 e.